The summed E-state index contributed by atoms with van der Waals surface area (Å²) in [7, 11) is 0. The van der Waals surface area contributed by atoms with E-state index in [0.29, 0.717) is 4.91 Å². The minimum Gasteiger partial charge on any atom is -0.477 e. The van der Waals surface area contributed by atoms with Crippen LogP contribution in [0.1, 0.15) is 6.92 Å². The van der Waals surface area contributed by atoms with Crippen molar-refractivity contribution in [1.82, 2.24) is 0 Å². The Morgan fingerprint density at radius 3 is 2.44 bits per heavy atom. The van der Waals surface area contributed by atoms with Crippen molar-refractivity contribution in [2.45, 2.75) is 6.92 Å². The lowest BCUT2D eigenvalue weighted by Crippen LogP contribution is -1.94. The van der Waals surface area contributed by atoms with E-state index in [-0.39, 0.29) is 0 Å². The van der Waals surface area contributed by atoms with Gasteiger partial charge in [0.15, 0.2) is 0 Å². The third-order valence-electron chi connectivity index (χ3n) is 0.683. The molecule has 0 saturated heterocycles. The SMILES string of the molecule is C=CS/C(=C\C)C(=O)O. The lowest BCUT2D eigenvalue weighted by molar-refractivity contribution is -0.131. The molecule has 0 rings (SSSR count). The topological polar surface area (TPSA) is 37.3 Å². The fraction of sp³-hybridized carbons (Fsp3) is 0.167. The summed E-state index contributed by atoms with van der Waals surface area (Å²) in [6.45, 7) is 5.07. The van der Waals surface area contributed by atoms with E-state index in [1.807, 2.05) is 0 Å². The zero-order chi connectivity index (χ0) is 7.28. The van der Waals surface area contributed by atoms with Crippen molar-refractivity contribution in [1.29, 1.82) is 0 Å². The van der Waals surface area contributed by atoms with Crippen molar-refractivity contribution in [3.63, 3.8) is 0 Å². The van der Waals surface area contributed by atoms with Crippen LogP contribution in [0.25, 0.3) is 0 Å². The summed E-state index contributed by atoms with van der Waals surface area (Å²) in [5, 5.41) is 9.86. The molecular weight excluding hydrogens is 136 g/mol. The number of carbonyl (C=O) groups is 1. The molecule has 0 aromatic rings. The highest BCUT2D eigenvalue weighted by atomic mass is 32.2. The molecule has 9 heavy (non-hydrogen) atoms. The number of hydrogen-bond donors (Lipinski definition) is 1. The second kappa shape index (κ2) is 4.21. The van der Waals surface area contributed by atoms with Gasteiger partial charge in [-0.3, -0.25) is 0 Å². The van der Waals surface area contributed by atoms with E-state index in [1.54, 1.807) is 6.92 Å². The first kappa shape index (κ1) is 8.30. The van der Waals surface area contributed by atoms with Gasteiger partial charge in [0.2, 0.25) is 0 Å². The van der Waals surface area contributed by atoms with E-state index in [1.165, 1.54) is 11.5 Å². The number of rotatable bonds is 3. The maximum Gasteiger partial charge on any atom is 0.342 e. The third-order valence-corrected chi connectivity index (χ3v) is 1.51. The summed E-state index contributed by atoms with van der Waals surface area (Å²) in [6.07, 6.45) is 1.54. The molecule has 50 valence electrons. The second-order valence-corrected chi connectivity index (χ2v) is 2.25. The van der Waals surface area contributed by atoms with Gasteiger partial charge in [0, 0.05) is 0 Å². The Morgan fingerprint density at radius 2 is 2.33 bits per heavy atom. The van der Waals surface area contributed by atoms with Crippen LogP contribution < -0.4 is 0 Å². The predicted octanol–water partition coefficient (Wildman–Crippen LogP) is 1.85. The van der Waals surface area contributed by atoms with Crippen molar-refractivity contribution in [3.8, 4) is 0 Å². The Morgan fingerprint density at radius 1 is 1.78 bits per heavy atom. The van der Waals surface area contributed by atoms with Crippen molar-refractivity contribution in [2.24, 2.45) is 0 Å². The highest BCUT2D eigenvalue weighted by Crippen LogP contribution is 2.14. The summed E-state index contributed by atoms with van der Waals surface area (Å²) in [4.78, 5) is 10.5. The van der Waals surface area contributed by atoms with E-state index < -0.39 is 5.97 Å². The van der Waals surface area contributed by atoms with Crippen LogP contribution in [0.3, 0.4) is 0 Å². The average molecular weight is 144 g/mol. The molecule has 0 aliphatic carbocycles. The van der Waals surface area contributed by atoms with Crippen LogP contribution >= 0.6 is 11.8 Å². The molecule has 0 unspecified atom stereocenters. The van der Waals surface area contributed by atoms with E-state index >= 15 is 0 Å². The van der Waals surface area contributed by atoms with Crippen LogP contribution in [0.2, 0.25) is 0 Å². The molecule has 0 aromatic carbocycles. The van der Waals surface area contributed by atoms with Crippen molar-refractivity contribution >= 4 is 17.7 Å². The summed E-state index contributed by atoms with van der Waals surface area (Å²) >= 11 is 1.11. The number of carboxylic acid groups (broad SMARTS) is 1. The molecular formula is C6H8O2S. The number of carboxylic acids is 1. The summed E-state index contributed by atoms with van der Waals surface area (Å²) in [5.41, 5.74) is 0. The Bertz CT molecular complexity index is 149. The molecule has 0 atom stereocenters. The first-order valence-corrected chi connectivity index (χ1v) is 3.27. The molecule has 2 nitrogen and oxygen atoms in total. The molecule has 0 radical (unpaired) electrons. The molecule has 0 heterocycles. The Labute approximate surface area is 58.3 Å². The van der Waals surface area contributed by atoms with Gasteiger partial charge in [-0.15, -0.1) is 0 Å². The number of allylic oxidation sites excluding steroid dienone is 1. The molecule has 1 N–H and O–H groups in total. The van der Waals surface area contributed by atoms with Crippen LogP contribution in [0.5, 0.6) is 0 Å². The standard InChI is InChI=1S/C6H8O2S/c1-3-5(6(7)8)9-4-2/h3-4H,2H2,1H3,(H,7,8)/b5-3-. The van der Waals surface area contributed by atoms with Gasteiger partial charge in [0.25, 0.3) is 0 Å². The molecule has 0 fully saturated rings. The van der Waals surface area contributed by atoms with E-state index in [0.717, 1.165) is 11.8 Å². The fourth-order valence-electron chi connectivity index (χ4n) is 0.332. The Hall–Kier alpha value is -0.700. The van der Waals surface area contributed by atoms with Crippen LogP contribution in [0.4, 0.5) is 0 Å². The zero-order valence-electron chi connectivity index (χ0n) is 5.13. The van der Waals surface area contributed by atoms with Crippen LogP contribution in [-0.2, 0) is 4.79 Å². The average Bonchev–Trinajstić information content (AvgIpc) is 1.82. The highest BCUT2D eigenvalue weighted by Gasteiger charge is 2.01. The Balaban J connectivity index is 4.00. The monoisotopic (exact) mass is 144 g/mol. The first-order chi connectivity index (χ1) is 4.22. The highest BCUT2D eigenvalue weighted by molar-refractivity contribution is 8.06. The normalized spacial score (nSPS) is 11.0. The number of thioether (sulfide) groups is 1. The van der Waals surface area contributed by atoms with Gasteiger partial charge in [-0.05, 0) is 12.3 Å². The number of hydrogen-bond acceptors (Lipinski definition) is 2. The minimum absolute atomic E-state index is 0.310. The maximum absolute atomic E-state index is 10.2. The largest absolute Gasteiger partial charge is 0.477 e. The van der Waals surface area contributed by atoms with Crippen molar-refractivity contribution in [2.75, 3.05) is 0 Å². The van der Waals surface area contributed by atoms with E-state index in [9.17, 15) is 4.79 Å². The van der Waals surface area contributed by atoms with Crippen LogP contribution in [-0.4, -0.2) is 11.1 Å². The third kappa shape index (κ3) is 2.98. The number of aliphatic carboxylic acids is 1. The van der Waals surface area contributed by atoms with Crippen LogP contribution in [0, 0.1) is 0 Å². The minimum atomic E-state index is -0.901. The molecule has 0 aliphatic heterocycles. The summed E-state index contributed by atoms with van der Waals surface area (Å²) in [6, 6.07) is 0. The molecule has 0 spiro atoms. The van der Waals surface area contributed by atoms with Gasteiger partial charge in [0.05, 0.1) is 4.91 Å². The van der Waals surface area contributed by atoms with Crippen LogP contribution in [0.15, 0.2) is 23.0 Å². The first-order valence-electron chi connectivity index (χ1n) is 2.39. The fourth-order valence-corrected chi connectivity index (χ4v) is 0.748. The molecule has 0 amide bonds. The van der Waals surface area contributed by atoms with E-state index in [2.05, 4.69) is 6.58 Å². The maximum atomic E-state index is 10.2. The Kier molecular flexibility index (Phi) is 3.88. The summed E-state index contributed by atoms with van der Waals surface area (Å²) < 4.78 is 0. The zero-order valence-corrected chi connectivity index (χ0v) is 5.94. The molecule has 0 aliphatic rings. The summed E-state index contributed by atoms with van der Waals surface area (Å²) in [5.74, 6) is -0.901. The van der Waals surface area contributed by atoms with Crippen molar-refractivity contribution in [3.05, 3.63) is 23.0 Å². The van der Waals surface area contributed by atoms with Gasteiger partial charge in [-0.1, -0.05) is 24.4 Å². The van der Waals surface area contributed by atoms with Gasteiger partial charge >= 0.3 is 5.97 Å². The molecule has 0 bridgehead atoms. The van der Waals surface area contributed by atoms with E-state index in [4.69, 9.17) is 5.11 Å². The lowest BCUT2D eigenvalue weighted by atomic mass is 10.5. The smallest absolute Gasteiger partial charge is 0.342 e. The lowest BCUT2D eigenvalue weighted by Gasteiger charge is -1.91. The van der Waals surface area contributed by atoms with Gasteiger partial charge < -0.3 is 5.11 Å². The molecule has 0 aromatic heterocycles. The molecule has 3 heteroatoms. The van der Waals surface area contributed by atoms with Gasteiger partial charge in [0.1, 0.15) is 0 Å². The quantitative estimate of drug-likeness (QED) is 0.614. The van der Waals surface area contributed by atoms with Gasteiger partial charge in [-0.2, -0.15) is 0 Å². The van der Waals surface area contributed by atoms with Gasteiger partial charge in [-0.25, -0.2) is 4.79 Å². The molecule has 0 saturated carbocycles. The predicted molar refractivity (Wildman–Crippen MR) is 39.2 cm³/mol. The van der Waals surface area contributed by atoms with Crippen molar-refractivity contribution < 1.29 is 9.90 Å². The second-order valence-electron chi connectivity index (χ2n) is 1.24.